The second-order valence-corrected chi connectivity index (χ2v) is 8.39. The highest BCUT2D eigenvalue weighted by atomic mass is 32.2. The van der Waals surface area contributed by atoms with Crippen molar-refractivity contribution >= 4 is 20.7 Å². The van der Waals surface area contributed by atoms with Gasteiger partial charge in [-0.05, 0) is 61.8 Å². The Balaban J connectivity index is 1.66. The highest BCUT2D eigenvalue weighted by Crippen LogP contribution is 2.29. The van der Waals surface area contributed by atoms with Crippen LogP contribution in [-0.4, -0.2) is 43.7 Å². The third kappa shape index (κ3) is 2.61. The van der Waals surface area contributed by atoms with Gasteiger partial charge in [-0.3, -0.25) is 5.10 Å². The molecule has 1 N–H and O–H groups in total. The predicted octanol–water partition coefficient (Wildman–Crippen LogP) is 2.81. The van der Waals surface area contributed by atoms with Crippen LogP contribution in [0.15, 0.2) is 58.5 Å². The molecule has 0 spiro atoms. The van der Waals surface area contributed by atoms with Crippen molar-refractivity contribution in [2.45, 2.75) is 22.1 Å². The van der Waals surface area contributed by atoms with Gasteiger partial charge in [0.15, 0.2) is 0 Å². The van der Waals surface area contributed by atoms with Gasteiger partial charge in [-0.1, -0.05) is 12.1 Å². The first-order chi connectivity index (χ1) is 11.5. The maximum Gasteiger partial charge on any atom is 0.206 e. The van der Waals surface area contributed by atoms with E-state index in [1.807, 2.05) is 12.1 Å². The number of nitrogens with one attached hydrogen (secondary N) is 1. The van der Waals surface area contributed by atoms with E-state index < -0.39 is 9.84 Å². The summed E-state index contributed by atoms with van der Waals surface area (Å²) in [4.78, 5) is 2.93. The number of likely N-dealkylation sites (N-methyl/N-ethyl adjacent to an activating group) is 1. The Bertz CT molecular complexity index is 977. The van der Waals surface area contributed by atoms with Crippen molar-refractivity contribution in [3.8, 4) is 0 Å². The van der Waals surface area contributed by atoms with Gasteiger partial charge in [-0.25, -0.2) is 8.42 Å². The van der Waals surface area contributed by atoms with Gasteiger partial charge in [-0.2, -0.15) is 5.10 Å². The summed E-state index contributed by atoms with van der Waals surface area (Å²) in [6, 6.07) is 12.4. The number of likely N-dealkylation sites (tertiary alicyclic amines) is 1. The predicted molar refractivity (Wildman–Crippen MR) is 92.8 cm³/mol. The number of aromatic nitrogens is 2. The average molecular weight is 341 g/mol. The number of nitrogens with zero attached hydrogens (tertiary/aromatic N) is 2. The van der Waals surface area contributed by atoms with E-state index >= 15 is 0 Å². The van der Waals surface area contributed by atoms with Gasteiger partial charge in [0.1, 0.15) is 0 Å². The molecule has 0 amide bonds. The summed E-state index contributed by atoms with van der Waals surface area (Å²) in [5, 5.41) is 7.56. The summed E-state index contributed by atoms with van der Waals surface area (Å²) >= 11 is 0. The fraction of sp³-hybridized carbons (Fsp3) is 0.278. The fourth-order valence-electron chi connectivity index (χ4n) is 3.35. The molecule has 2 heterocycles. The molecule has 1 saturated heterocycles. The summed E-state index contributed by atoms with van der Waals surface area (Å²) in [5.74, 6) is 0.494. The topological polar surface area (TPSA) is 66.1 Å². The number of benzene rings is 2. The van der Waals surface area contributed by atoms with Crippen LogP contribution < -0.4 is 0 Å². The molecule has 0 radical (unpaired) electrons. The van der Waals surface area contributed by atoms with Crippen LogP contribution in [-0.2, 0) is 9.84 Å². The van der Waals surface area contributed by atoms with Crippen LogP contribution in [0.4, 0.5) is 0 Å². The second kappa shape index (κ2) is 5.72. The largest absolute Gasteiger partial charge is 0.306 e. The zero-order valence-electron chi connectivity index (χ0n) is 13.4. The lowest BCUT2D eigenvalue weighted by atomic mass is 9.99. The molecule has 1 aliphatic heterocycles. The maximum absolute atomic E-state index is 12.8. The van der Waals surface area contributed by atoms with E-state index in [0.717, 1.165) is 30.4 Å². The van der Waals surface area contributed by atoms with Crippen LogP contribution in [0.2, 0.25) is 0 Å². The SMILES string of the molecule is CN1CCC(c2ccc(S(=O)(=O)c3ccc4[nH]ncc4c3)cc2)C1. The molecule has 0 saturated carbocycles. The van der Waals surface area contributed by atoms with E-state index in [4.69, 9.17) is 0 Å². The zero-order valence-corrected chi connectivity index (χ0v) is 14.3. The van der Waals surface area contributed by atoms with Gasteiger partial charge in [0.25, 0.3) is 0 Å². The Kier molecular flexibility index (Phi) is 3.66. The van der Waals surface area contributed by atoms with Crippen molar-refractivity contribution in [2.75, 3.05) is 20.1 Å². The molecule has 1 aromatic heterocycles. The average Bonchev–Trinajstić information content (AvgIpc) is 3.23. The van der Waals surface area contributed by atoms with Crippen LogP contribution in [0.5, 0.6) is 0 Å². The summed E-state index contributed by atoms with van der Waals surface area (Å²) in [7, 11) is -1.40. The highest BCUT2D eigenvalue weighted by molar-refractivity contribution is 7.91. The van der Waals surface area contributed by atoms with Crippen molar-refractivity contribution < 1.29 is 8.42 Å². The molecule has 1 atom stereocenters. The Morgan fingerprint density at radius 2 is 1.88 bits per heavy atom. The third-order valence-electron chi connectivity index (χ3n) is 4.78. The van der Waals surface area contributed by atoms with E-state index in [2.05, 4.69) is 22.1 Å². The number of hydrogen-bond acceptors (Lipinski definition) is 4. The van der Waals surface area contributed by atoms with Crippen LogP contribution in [0.3, 0.4) is 0 Å². The highest BCUT2D eigenvalue weighted by Gasteiger charge is 2.23. The molecule has 24 heavy (non-hydrogen) atoms. The molecule has 1 unspecified atom stereocenters. The Labute approximate surface area is 141 Å². The minimum atomic E-state index is -3.51. The first-order valence-electron chi connectivity index (χ1n) is 8.01. The van der Waals surface area contributed by atoms with E-state index in [-0.39, 0.29) is 0 Å². The summed E-state index contributed by atoms with van der Waals surface area (Å²) in [5.41, 5.74) is 2.04. The molecule has 4 rings (SSSR count). The van der Waals surface area contributed by atoms with Gasteiger partial charge < -0.3 is 4.90 Å². The normalized spacial score (nSPS) is 19.1. The van der Waals surface area contributed by atoms with Gasteiger partial charge in [0.2, 0.25) is 9.84 Å². The van der Waals surface area contributed by atoms with Crippen molar-refractivity contribution in [1.29, 1.82) is 0 Å². The fourth-order valence-corrected chi connectivity index (χ4v) is 4.65. The minimum Gasteiger partial charge on any atom is -0.306 e. The zero-order chi connectivity index (χ0) is 16.7. The van der Waals surface area contributed by atoms with Crippen molar-refractivity contribution in [3.63, 3.8) is 0 Å². The van der Waals surface area contributed by atoms with Crippen molar-refractivity contribution in [3.05, 3.63) is 54.2 Å². The number of aromatic amines is 1. The molecule has 2 aromatic carbocycles. The van der Waals surface area contributed by atoms with Gasteiger partial charge in [0, 0.05) is 11.9 Å². The molecule has 124 valence electrons. The number of sulfone groups is 1. The van der Waals surface area contributed by atoms with Crippen molar-refractivity contribution in [1.82, 2.24) is 15.1 Å². The van der Waals surface area contributed by atoms with Crippen molar-refractivity contribution in [2.24, 2.45) is 0 Å². The molecule has 0 bridgehead atoms. The third-order valence-corrected chi connectivity index (χ3v) is 6.54. The Morgan fingerprint density at radius 1 is 1.12 bits per heavy atom. The molecule has 6 heteroatoms. The molecule has 5 nitrogen and oxygen atoms in total. The number of hydrogen-bond donors (Lipinski definition) is 1. The number of fused-ring (bicyclic) bond motifs is 1. The lowest BCUT2D eigenvalue weighted by Gasteiger charge is -2.12. The van der Waals surface area contributed by atoms with Crippen LogP contribution in [0.1, 0.15) is 17.9 Å². The van der Waals surface area contributed by atoms with Crippen LogP contribution >= 0.6 is 0 Å². The monoisotopic (exact) mass is 341 g/mol. The number of rotatable bonds is 3. The minimum absolute atomic E-state index is 0.296. The van der Waals surface area contributed by atoms with E-state index in [1.54, 1.807) is 36.5 Å². The van der Waals surface area contributed by atoms with E-state index in [0.29, 0.717) is 15.7 Å². The van der Waals surface area contributed by atoms with Crippen LogP contribution in [0.25, 0.3) is 10.9 Å². The second-order valence-electron chi connectivity index (χ2n) is 6.44. The summed E-state index contributed by atoms with van der Waals surface area (Å²) in [6.07, 6.45) is 2.76. The molecular formula is C18H19N3O2S. The lowest BCUT2D eigenvalue weighted by Crippen LogP contribution is -2.13. The van der Waals surface area contributed by atoms with Gasteiger partial charge in [0.05, 0.1) is 21.5 Å². The first-order valence-corrected chi connectivity index (χ1v) is 9.49. The van der Waals surface area contributed by atoms with E-state index in [9.17, 15) is 8.42 Å². The van der Waals surface area contributed by atoms with E-state index in [1.165, 1.54) is 5.56 Å². The summed E-state index contributed by atoms with van der Waals surface area (Å²) < 4.78 is 25.7. The molecular weight excluding hydrogens is 322 g/mol. The maximum atomic E-state index is 12.8. The quantitative estimate of drug-likeness (QED) is 0.795. The van der Waals surface area contributed by atoms with Gasteiger partial charge >= 0.3 is 0 Å². The summed E-state index contributed by atoms with van der Waals surface area (Å²) in [6.45, 7) is 2.12. The number of H-pyrrole nitrogens is 1. The first kappa shape index (κ1) is 15.4. The standard InChI is InChI=1S/C18H19N3O2S/c1-21-9-8-14(12-21)13-2-4-16(5-3-13)24(22,23)17-6-7-18-15(10-17)11-19-20-18/h2-7,10-11,14H,8-9,12H2,1H3,(H,19,20). The van der Waals surface area contributed by atoms with Gasteiger partial charge in [-0.15, -0.1) is 0 Å². The lowest BCUT2D eigenvalue weighted by molar-refractivity contribution is 0.411. The molecule has 1 aliphatic rings. The Morgan fingerprint density at radius 3 is 2.58 bits per heavy atom. The molecule has 3 aromatic rings. The van der Waals surface area contributed by atoms with Crippen LogP contribution in [0, 0.1) is 0 Å². The molecule has 0 aliphatic carbocycles. The molecule has 1 fully saturated rings. The smallest absolute Gasteiger partial charge is 0.206 e. The Hall–Kier alpha value is -2.18.